The van der Waals surface area contributed by atoms with E-state index in [2.05, 4.69) is 0 Å². The number of hydrogen-bond donors (Lipinski definition) is 0. The Bertz CT molecular complexity index is 2190. The van der Waals surface area contributed by atoms with Crippen molar-refractivity contribution in [2.24, 2.45) is 0 Å². The molecule has 0 N–H and O–H groups in total. The predicted octanol–water partition coefficient (Wildman–Crippen LogP) is 6.95. The van der Waals surface area contributed by atoms with Gasteiger partial charge in [0.15, 0.2) is 11.0 Å². The Morgan fingerprint density at radius 2 is 1.07 bits per heavy atom. The predicted molar refractivity (Wildman–Crippen MR) is 174 cm³/mol. The Morgan fingerprint density at radius 3 is 1.63 bits per heavy atom. The SMILES string of the molecule is COc1ccc(-c2cc(=O)c3c(OC)cc(OC)c(-c4c(-c5ccc(OC)cc5)oc5cc(OC)cc(OC)c5c4=O)c3o2)cc1. The normalized spacial score (nSPS) is 11.0. The third kappa shape index (κ3) is 5.03. The Kier molecular flexibility index (Phi) is 8.02. The fraction of sp³-hybridized carbons (Fsp3) is 0.167. The second-order valence-electron chi connectivity index (χ2n) is 10.1. The van der Waals surface area contributed by atoms with Crippen LogP contribution in [0, 0.1) is 0 Å². The van der Waals surface area contributed by atoms with Crippen molar-refractivity contribution in [2.75, 3.05) is 42.7 Å². The summed E-state index contributed by atoms with van der Waals surface area (Å²) in [4.78, 5) is 28.6. The molecule has 0 spiro atoms. The van der Waals surface area contributed by atoms with Gasteiger partial charge >= 0.3 is 0 Å². The molecule has 2 aromatic heterocycles. The van der Waals surface area contributed by atoms with Crippen LogP contribution in [0.1, 0.15) is 0 Å². The van der Waals surface area contributed by atoms with Gasteiger partial charge in [0.2, 0.25) is 5.43 Å². The van der Waals surface area contributed by atoms with E-state index in [1.54, 1.807) is 80.9 Å². The molecular weight excluding hydrogens is 592 g/mol. The van der Waals surface area contributed by atoms with Crippen LogP contribution in [-0.4, -0.2) is 42.7 Å². The molecule has 4 aromatic carbocycles. The van der Waals surface area contributed by atoms with Gasteiger partial charge in [0.1, 0.15) is 62.4 Å². The van der Waals surface area contributed by atoms with E-state index in [0.717, 1.165) is 0 Å². The summed E-state index contributed by atoms with van der Waals surface area (Å²) in [5, 5.41) is 0.285. The zero-order valence-electron chi connectivity index (χ0n) is 26.0. The largest absolute Gasteiger partial charge is 0.497 e. The number of benzene rings is 4. The lowest BCUT2D eigenvalue weighted by molar-refractivity contribution is 0.395. The number of rotatable bonds is 9. The topological polar surface area (TPSA) is 116 Å². The first kappa shape index (κ1) is 30.1. The summed E-state index contributed by atoms with van der Waals surface area (Å²) >= 11 is 0. The zero-order valence-corrected chi connectivity index (χ0v) is 26.0. The van der Waals surface area contributed by atoms with Gasteiger partial charge in [0.05, 0.1) is 53.8 Å². The van der Waals surface area contributed by atoms with Gasteiger partial charge in [-0.2, -0.15) is 0 Å². The van der Waals surface area contributed by atoms with E-state index < -0.39 is 5.43 Å². The molecule has 0 saturated carbocycles. The molecule has 0 aliphatic rings. The number of hydrogen-bond acceptors (Lipinski definition) is 10. The average Bonchev–Trinajstić information content (AvgIpc) is 3.10. The lowest BCUT2D eigenvalue weighted by Crippen LogP contribution is -2.12. The molecule has 6 aromatic rings. The van der Waals surface area contributed by atoms with Crippen LogP contribution in [0.25, 0.3) is 55.7 Å². The molecular formula is C36H30O10. The van der Waals surface area contributed by atoms with Gasteiger partial charge in [-0.3, -0.25) is 9.59 Å². The molecule has 234 valence electrons. The van der Waals surface area contributed by atoms with Crippen molar-refractivity contribution in [2.45, 2.75) is 0 Å². The smallest absolute Gasteiger partial charge is 0.205 e. The molecule has 0 aliphatic heterocycles. The highest BCUT2D eigenvalue weighted by atomic mass is 16.5. The van der Waals surface area contributed by atoms with Gasteiger partial charge in [0, 0.05) is 35.4 Å². The van der Waals surface area contributed by atoms with E-state index in [4.69, 9.17) is 37.3 Å². The van der Waals surface area contributed by atoms with E-state index in [0.29, 0.717) is 28.4 Å². The van der Waals surface area contributed by atoms with Crippen molar-refractivity contribution in [3.05, 3.63) is 93.2 Å². The zero-order chi connectivity index (χ0) is 32.5. The van der Waals surface area contributed by atoms with Crippen molar-refractivity contribution < 1.29 is 37.3 Å². The third-order valence-electron chi connectivity index (χ3n) is 7.73. The van der Waals surface area contributed by atoms with Crippen LogP contribution < -0.4 is 39.3 Å². The highest BCUT2D eigenvalue weighted by Crippen LogP contribution is 2.46. The molecule has 10 nitrogen and oxygen atoms in total. The minimum atomic E-state index is -0.450. The molecule has 0 aliphatic carbocycles. The van der Waals surface area contributed by atoms with Crippen LogP contribution in [0.5, 0.6) is 34.5 Å². The lowest BCUT2D eigenvalue weighted by Gasteiger charge is -2.18. The number of methoxy groups -OCH3 is 6. The van der Waals surface area contributed by atoms with E-state index in [9.17, 15) is 9.59 Å². The van der Waals surface area contributed by atoms with E-state index in [-0.39, 0.29) is 67.3 Å². The molecule has 2 heterocycles. The molecule has 0 fully saturated rings. The average molecular weight is 623 g/mol. The fourth-order valence-corrected chi connectivity index (χ4v) is 5.45. The highest BCUT2D eigenvalue weighted by molar-refractivity contribution is 6.04. The van der Waals surface area contributed by atoms with Gasteiger partial charge in [-0.1, -0.05) is 0 Å². The summed E-state index contributed by atoms with van der Waals surface area (Å²) in [5.41, 5.74) is 0.917. The van der Waals surface area contributed by atoms with Crippen molar-refractivity contribution >= 4 is 21.9 Å². The summed E-state index contributed by atoms with van der Waals surface area (Å²) in [6.07, 6.45) is 0. The molecule has 0 atom stereocenters. The Hall–Kier alpha value is -5.90. The maximum absolute atomic E-state index is 14.8. The molecule has 0 unspecified atom stereocenters. The third-order valence-corrected chi connectivity index (χ3v) is 7.73. The van der Waals surface area contributed by atoms with Gasteiger partial charge in [-0.15, -0.1) is 0 Å². The van der Waals surface area contributed by atoms with Crippen LogP contribution >= 0.6 is 0 Å². The van der Waals surface area contributed by atoms with Crippen molar-refractivity contribution in [3.63, 3.8) is 0 Å². The quantitative estimate of drug-likeness (QED) is 0.168. The molecule has 0 saturated heterocycles. The summed E-state index contributed by atoms with van der Waals surface area (Å²) < 4.78 is 46.2. The summed E-state index contributed by atoms with van der Waals surface area (Å²) in [6.45, 7) is 0. The summed E-state index contributed by atoms with van der Waals surface area (Å²) in [6, 6.07) is 20.2. The van der Waals surface area contributed by atoms with Gasteiger partial charge in [0.25, 0.3) is 0 Å². The molecule has 0 radical (unpaired) electrons. The maximum Gasteiger partial charge on any atom is 0.205 e. The van der Waals surface area contributed by atoms with Crippen LogP contribution in [0.15, 0.2) is 91.2 Å². The second kappa shape index (κ2) is 12.2. The van der Waals surface area contributed by atoms with E-state index in [1.165, 1.54) is 34.5 Å². The molecule has 46 heavy (non-hydrogen) atoms. The molecule has 0 bridgehead atoms. The van der Waals surface area contributed by atoms with E-state index in [1.807, 2.05) is 0 Å². The molecule has 10 heteroatoms. The first-order valence-electron chi connectivity index (χ1n) is 14.1. The van der Waals surface area contributed by atoms with Crippen LogP contribution in [0.3, 0.4) is 0 Å². The first-order valence-corrected chi connectivity index (χ1v) is 14.1. The summed E-state index contributed by atoms with van der Waals surface area (Å²) in [7, 11) is 8.98. The Morgan fingerprint density at radius 1 is 0.500 bits per heavy atom. The first-order chi connectivity index (χ1) is 22.3. The highest BCUT2D eigenvalue weighted by Gasteiger charge is 2.29. The molecule has 6 rings (SSSR count). The fourth-order valence-electron chi connectivity index (χ4n) is 5.45. The Balaban J connectivity index is 1.80. The monoisotopic (exact) mass is 622 g/mol. The second-order valence-corrected chi connectivity index (χ2v) is 10.1. The van der Waals surface area contributed by atoms with Crippen LogP contribution in [-0.2, 0) is 0 Å². The number of ether oxygens (including phenoxy) is 6. The van der Waals surface area contributed by atoms with Crippen LogP contribution in [0.4, 0.5) is 0 Å². The minimum absolute atomic E-state index is 0.0726. The van der Waals surface area contributed by atoms with Crippen molar-refractivity contribution in [3.8, 4) is 68.3 Å². The van der Waals surface area contributed by atoms with Crippen LogP contribution in [0.2, 0.25) is 0 Å². The van der Waals surface area contributed by atoms with Crippen molar-refractivity contribution in [1.82, 2.24) is 0 Å². The van der Waals surface area contributed by atoms with Crippen molar-refractivity contribution in [1.29, 1.82) is 0 Å². The molecule has 0 amide bonds. The van der Waals surface area contributed by atoms with Gasteiger partial charge in [-0.25, -0.2) is 0 Å². The lowest BCUT2D eigenvalue weighted by atomic mass is 9.94. The standard InChI is InChI=1S/C36H30O10/c1-39-21-11-7-19(8-12-21)25-17-24(37)30-27(43-5)18-28(44-6)32(36(30)45-25)33-34(38)31-26(42-4)15-23(41-3)16-29(31)46-35(33)20-9-13-22(40-2)14-10-20/h7-18H,1-6H3. The van der Waals surface area contributed by atoms with E-state index >= 15 is 0 Å². The number of fused-ring (bicyclic) bond motifs is 2. The van der Waals surface area contributed by atoms with Gasteiger partial charge in [-0.05, 0) is 48.5 Å². The minimum Gasteiger partial charge on any atom is -0.497 e. The summed E-state index contributed by atoms with van der Waals surface area (Å²) in [5.74, 6) is 2.80. The Labute approximate surface area is 263 Å². The maximum atomic E-state index is 14.8. The van der Waals surface area contributed by atoms with Gasteiger partial charge < -0.3 is 37.3 Å².